The van der Waals surface area contributed by atoms with Crippen LogP contribution in [0.15, 0.2) is 36.4 Å². The summed E-state index contributed by atoms with van der Waals surface area (Å²) in [6, 6.07) is 10.5. The standard InChI is InChI=1S/C17H19NO4S/c1-11(2)22-10-12-3-5-13(6-4-12)16(19)18-9-14-7-8-15(23-14)17(20)21/h3-8,11H,9-10H2,1-2H3,(H,18,19)(H,20,21). The topological polar surface area (TPSA) is 75.6 Å². The van der Waals surface area contributed by atoms with Crippen LogP contribution in [0.2, 0.25) is 0 Å². The molecule has 0 aliphatic heterocycles. The van der Waals surface area contributed by atoms with Gasteiger partial charge in [0.15, 0.2) is 0 Å². The van der Waals surface area contributed by atoms with Crippen LogP contribution in [-0.2, 0) is 17.9 Å². The molecule has 2 rings (SSSR count). The van der Waals surface area contributed by atoms with Gasteiger partial charge in [-0.2, -0.15) is 0 Å². The number of thiophene rings is 1. The molecule has 0 unspecified atom stereocenters. The Kier molecular flexibility index (Phi) is 5.90. The minimum Gasteiger partial charge on any atom is -0.477 e. The number of carboxylic acid groups (broad SMARTS) is 1. The second kappa shape index (κ2) is 7.89. The van der Waals surface area contributed by atoms with Crippen LogP contribution in [-0.4, -0.2) is 23.1 Å². The van der Waals surface area contributed by atoms with Gasteiger partial charge in [0.05, 0.1) is 19.3 Å². The Balaban J connectivity index is 1.88. The van der Waals surface area contributed by atoms with Crippen molar-refractivity contribution >= 4 is 23.2 Å². The van der Waals surface area contributed by atoms with E-state index in [1.807, 2.05) is 26.0 Å². The molecule has 0 saturated carbocycles. The molecule has 122 valence electrons. The number of nitrogens with one attached hydrogen (secondary N) is 1. The molecular formula is C17H19NO4S. The summed E-state index contributed by atoms with van der Waals surface area (Å²) in [5.74, 6) is -1.14. The van der Waals surface area contributed by atoms with E-state index in [4.69, 9.17) is 9.84 Å². The van der Waals surface area contributed by atoms with Crippen molar-refractivity contribution in [2.24, 2.45) is 0 Å². The third-order valence-corrected chi connectivity index (χ3v) is 4.17. The number of hydrogen-bond donors (Lipinski definition) is 2. The summed E-state index contributed by atoms with van der Waals surface area (Å²) in [6.07, 6.45) is 0.166. The molecule has 0 aliphatic carbocycles. The molecule has 1 amide bonds. The van der Waals surface area contributed by atoms with E-state index in [1.54, 1.807) is 18.2 Å². The van der Waals surface area contributed by atoms with Gasteiger partial charge in [-0.05, 0) is 43.7 Å². The monoisotopic (exact) mass is 333 g/mol. The van der Waals surface area contributed by atoms with Gasteiger partial charge in [-0.3, -0.25) is 4.79 Å². The smallest absolute Gasteiger partial charge is 0.345 e. The number of amides is 1. The van der Waals surface area contributed by atoms with Crippen LogP contribution in [0.1, 0.15) is 44.3 Å². The van der Waals surface area contributed by atoms with Gasteiger partial charge in [-0.25, -0.2) is 4.79 Å². The summed E-state index contributed by atoms with van der Waals surface area (Å²) in [5.41, 5.74) is 1.58. The highest BCUT2D eigenvalue weighted by molar-refractivity contribution is 7.13. The molecule has 0 fully saturated rings. The molecule has 0 radical (unpaired) electrons. The predicted molar refractivity (Wildman–Crippen MR) is 88.8 cm³/mol. The third kappa shape index (κ3) is 5.19. The van der Waals surface area contributed by atoms with Gasteiger partial charge < -0.3 is 15.2 Å². The average molecular weight is 333 g/mol. The Morgan fingerprint density at radius 1 is 1.17 bits per heavy atom. The predicted octanol–water partition coefficient (Wildman–Crippen LogP) is 3.30. The molecule has 5 nitrogen and oxygen atoms in total. The second-order valence-corrected chi connectivity index (χ2v) is 6.48. The Morgan fingerprint density at radius 3 is 2.43 bits per heavy atom. The van der Waals surface area contributed by atoms with Gasteiger partial charge >= 0.3 is 5.97 Å². The maximum absolute atomic E-state index is 12.1. The molecule has 6 heteroatoms. The summed E-state index contributed by atoms with van der Waals surface area (Å²) >= 11 is 1.16. The first kappa shape index (κ1) is 17.2. The second-order valence-electron chi connectivity index (χ2n) is 5.31. The van der Waals surface area contributed by atoms with E-state index in [9.17, 15) is 9.59 Å². The number of benzene rings is 1. The number of carboxylic acids is 1. The van der Waals surface area contributed by atoms with E-state index >= 15 is 0 Å². The number of hydrogen-bond acceptors (Lipinski definition) is 4. The molecule has 0 aliphatic rings. The van der Waals surface area contributed by atoms with Crippen molar-refractivity contribution in [2.75, 3.05) is 0 Å². The molecule has 1 heterocycles. The lowest BCUT2D eigenvalue weighted by Crippen LogP contribution is -2.22. The number of carbonyl (C=O) groups is 2. The van der Waals surface area contributed by atoms with Crippen LogP contribution in [0.25, 0.3) is 0 Å². The molecule has 0 bridgehead atoms. The summed E-state index contributed by atoms with van der Waals surface area (Å²) in [7, 11) is 0. The van der Waals surface area contributed by atoms with Crippen molar-refractivity contribution in [3.63, 3.8) is 0 Å². The van der Waals surface area contributed by atoms with E-state index in [1.165, 1.54) is 6.07 Å². The van der Waals surface area contributed by atoms with Crippen LogP contribution in [0, 0.1) is 0 Å². The Labute approximate surface area is 138 Å². The maximum atomic E-state index is 12.1. The van der Waals surface area contributed by atoms with E-state index in [0.717, 1.165) is 21.8 Å². The molecule has 2 aromatic rings. The Bertz CT molecular complexity index is 676. The molecular weight excluding hydrogens is 314 g/mol. The number of ether oxygens (including phenoxy) is 1. The van der Waals surface area contributed by atoms with Crippen molar-refractivity contribution in [3.05, 3.63) is 57.3 Å². The van der Waals surface area contributed by atoms with Gasteiger partial charge in [0.2, 0.25) is 0 Å². The van der Waals surface area contributed by atoms with Gasteiger partial charge in [-0.15, -0.1) is 11.3 Å². The Hall–Kier alpha value is -2.18. The fourth-order valence-corrected chi connectivity index (χ4v) is 2.66. The Morgan fingerprint density at radius 2 is 1.87 bits per heavy atom. The highest BCUT2D eigenvalue weighted by Crippen LogP contribution is 2.16. The molecule has 0 atom stereocenters. The van der Waals surface area contributed by atoms with E-state index in [-0.39, 0.29) is 16.9 Å². The van der Waals surface area contributed by atoms with E-state index in [0.29, 0.717) is 18.7 Å². The lowest BCUT2D eigenvalue weighted by molar-refractivity contribution is 0.0656. The first-order valence-corrected chi connectivity index (χ1v) is 8.08. The van der Waals surface area contributed by atoms with Crippen LogP contribution < -0.4 is 5.32 Å². The largest absolute Gasteiger partial charge is 0.477 e. The highest BCUT2D eigenvalue weighted by Gasteiger charge is 2.09. The lowest BCUT2D eigenvalue weighted by atomic mass is 10.1. The normalized spacial score (nSPS) is 10.7. The van der Waals surface area contributed by atoms with Crippen molar-refractivity contribution in [1.29, 1.82) is 0 Å². The molecule has 23 heavy (non-hydrogen) atoms. The average Bonchev–Trinajstić information content (AvgIpc) is 3.00. The summed E-state index contributed by atoms with van der Waals surface area (Å²) in [4.78, 5) is 24.0. The molecule has 0 spiro atoms. The van der Waals surface area contributed by atoms with Gasteiger partial charge in [0.1, 0.15) is 4.88 Å². The van der Waals surface area contributed by atoms with Gasteiger partial charge in [0.25, 0.3) is 5.91 Å². The third-order valence-electron chi connectivity index (χ3n) is 3.10. The first-order valence-electron chi connectivity index (χ1n) is 7.26. The summed E-state index contributed by atoms with van der Waals surface area (Å²) in [5, 5.41) is 11.7. The number of rotatable bonds is 7. The maximum Gasteiger partial charge on any atom is 0.345 e. The number of aromatic carboxylic acids is 1. The highest BCUT2D eigenvalue weighted by atomic mass is 32.1. The zero-order valence-electron chi connectivity index (χ0n) is 13.0. The molecule has 1 aromatic heterocycles. The molecule has 1 aromatic carbocycles. The minimum absolute atomic E-state index is 0.166. The first-order chi connectivity index (χ1) is 11.0. The number of carbonyl (C=O) groups excluding carboxylic acids is 1. The van der Waals surface area contributed by atoms with Crippen molar-refractivity contribution in [3.8, 4) is 0 Å². The fourth-order valence-electron chi connectivity index (χ4n) is 1.87. The van der Waals surface area contributed by atoms with Gasteiger partial charge in [-0.1, -0.05) is 12.1 Å². The molecule has 0 saturated heterocycles. The minimum atomic E-state index is -0.952. The van der Waals surface area contributed by atoms with E-state index in [2.05, 4.69) is 5.32 Å². The van der Waals surface area contributed by atoms with Crippen molar-refractivity contribution in [1.82, 2.24) is 5.32 Å². The quantitative estimate of drug-likeness (QED) is 0.815. The van der Waals surface area contributed by atoms with Crippen LogP contribution >= 0.6 is 11.3 Å². The van der Waals surface area contributed by atoms with Gasteiger partial charge in [0, 0.05) is 10.4 Å². The SMILES string of the molecule is CC(C)OCc1ccc(C(=O)NCc2ccc(C(=O)O)s2)cc1. The van der Waals surface area contributed by atoms with Crippen molar-refractivity contribution in [2.45, 2.75) is 33.1 Å². The summed E-state index contributed by atoms with van der Waals surface area (Å²) in [6.45, 7) is 4.78. The zero-order chi connectivity index (χ0) is 16.8. The summed E-state index contributed by atoms with van der Waals surface area (Å²) < 4.78 is 5.51. The van der Waals surface area contributed by atoms with Crippen LogP contribution in [0.3, 0.4) is 0 Å². The fraction of sp³-hybridized carbons (Fsp3) is 0.294. The molecule has 2 N–H and O–H groups in total. The van der Waals surface area contributed by atoms with E-state index < -0.39 is 5.97 Å². The zero-order valence-corrected chi connectivity index (χ0v) is 13.9. The van der Waals surface area contributed by atoms with Crippen molar-refractivity contribution < 1.29 is 19.4 Å². The lowest BCUT2D eigenvalue weighted by Gasteiger charge is -2.08. The van der Waals surface area contributed by atoms with Crippen LogP contribution in [0.5, 0.6) is 0 Å². The van der Waals surface area contributed by atoms with Crippen LogP contribution in [0.4, 0.5) is 0 Å².